The molecule has 25 heavy (non-hydrogen) atoms. The van der Waals surface area contributed by atoms with Crippen LogP contribution in [0.25, 0.3) is 21.9 Å². The molecule has 0 unspecified atom stereocenters. The van der Waals surface area contributed by atoms with Gasteiger partial charge in [-0.1, -0.05) is 6.07 Å². The van der Waals surface area contributed by atoms with E-state index in [0.29, 0.717) is 23.5 Å². The van der Waals surface area contributed by atoms with E-state index in [1.54, 1.807) is 29.8 Å². The van der Waals surface area contributed by atoms with Gasteiger partial charge in [-0.3, -0.25) is 0 Å². The third-order valence-electron chi connectivity index (χ3n) is 4.60. The quantitative estimate of drug-likeness (QED) is 0.559. The van der Waals surface area contributed by atoms with Crippen molar-refractivity contribution in [1.29, 1.82) is 0 Å². The fourth-order valence-electron chi connectivity index (χ4n) is 3.28. The molecule has 0 amide bonds. The van der Waals surface area contributed by atoms with Crippen molar-refractivity contribution in [1.82, 2.24) is 24.9 Å². The fourth-order valence-corrected chi connectivity index (χ4v) is 4.09. The van der Waals surface area contributed by atoms with Gasteiger partial charge in [-0.25, -0.2) is 24.9 Å². The monoisotopic (exact) mass is 345 g/mol. The number of rotatable bonds is 3. The first-order chi connectivity index (χ1) is 12.3. The first-order valence-corrected chi connectivity index (χ1v) is 9.06. The molecular weight excluding hydrogens is 330 g/mol. The number of aromatic nitrogens is 5. The molecule has 0 saturated heterocycles. The second-order valence-corrected chi connectivity index (χ2v) is 7.56. The number of benzene rings is 1. The number of aryl methyl sites for hydroxylation is 1. The van der Waals surface area contributed by atoms with Crippen molar-refractivity contribution < 1.29 is 0 Å². The first-order valence-electron chi connectivity index (χ1n) is 8.24. The zero-order valence-corrected chi connectivity index (χ0v) is 14.4. The Morgan fingerprint density at radius 1 is 0.920 bits per heavy atom. The summed E-state index contributed by atoms with van der Waals surface area (Å²) in [5.74, 6) is 2.16. The Hall–Kier alpha value is -2.73. The molecule has 3 aromatic heterocycles. The van der Waals surface area contributed by atoms with Crippen LogP contribution in [-0.2, 0) is 0 Å². The van der Waals surface area contributed by atoms with Crippen LogP contribution in [0.3, 0.4) is 0 Å². The molecule has 1 fully saturated rings. The van der Waals surface area contributed by atoms with Crippen molar-refractivity contribution in [2.75, 3.05) is 0 Å². The van der Waals surface area contributed by atoms with Gasteiger partial charge in [0, 0.05) is 24.8 Å². The van der Waals surface area contributed by atoms with Crippen LogP contribution >= 0.6 is 11.3 Å². The summed E-state index contributed by atoms with van der Waals surface area (Å²) in [5, 5.41) is 1.12. The highest BCUT2D eigenvalue weighted by Crippen LogP contribution is 2.54. The number of thiazole rings is 1. The topological polar surface area (TPSA) is 64.5 Å². The maximum atomic E-state index is 4.61. The molecule has 5 rings (SSSR count). The van der Waals surface area contributed by atoms with Crippen molar-refractivity contribution in [3.05, 3.63) is 65.2 Å². The summed E-state index contributed by atoms with van der Waals surface area (Å²) >= 11 is 1.75. The van der Waals surface area contributed by atoms with Crippen LogP contribution in [0.2, 0.25) is 0 Å². The van der Waals surface area contributed by atoms with E-state index in [1.165, 1.54) is 15.8 Å². The molecule has 0 radical (unpaired) electrons. The minimum atomic E-state index is 0.489. The molecule has 4 aromatic rings. The number of hydrogen-bond acceptors (Lipinski definition) is 6. The van der Waals surface area contributed by atoms with Crippen LogP contribution in [-0.4, -0.2) is 24.9 Å². The van der Waals surface area contributed by atoms with E-state index in [1.807, 2.05) is 12.4 Å². The van der Waals surface area contributed by atoms with Crippen molar-refractivity contribution in [3.8, 4) is 11.6 Å². The van der Waals surface area contributed by atoms with Crippen molar-refractivity contribution in [3.63, 3.8) is 0 Å². The minimum Gasteiger partial charge on any atom is -0.242 e. The SMILES string of the molecule is Cc1nc2cc([C@@H]3C[C@@H]3c3cnc(-c4ncccn4)nc3)ccc2s1. The molecular formula is C19H15N5S. The summed E-state index contributed by atoms with van der Waals surface area (Å²) in [5.41, 5.74) is 3.65. The molecule has 1 saturated carbocycles. The molecule has 1 aliphatic carbocycles. The highest BCUT2D eigenvalue weighted by atomic mass is 32.1. The molecule has 3 heterocycles. The molecule has 5 nitrogen and oxygen atoms in total. The van der Waals surface area contributed by atoms with Gasteiger partial charge in [-0.15, -0.1) is 11.3 Å². The van der Waals surface area contributed by atoms with Gasteiger partial charge < -0.3 is 0 Å². The van der Waals surface area contributed by atoms with E-state index < -0.39 is 0 Å². The summed E-state index contributed by atoms with van der Waals surface area (Å²) in [6.45, 7) is 2.06. The van der Waals surface area contributed by atoms with E-state index >= 15 is 0 Å². The molecule has 122 valence electrons. The molecule has 1 aromatic carbocycles. The summed E-state index contributed by atoms with van der Waals surface area (Å²) in [6.07, 6.45) is 8.36. The second kappa shape index (κ2) is 5.67. The molecule has 0 bridgehead atoms. The van der Waals surface area contributed by atoms with Crippen LogP contribution in [0.1, 0.15) is 34.4 Å². The Morgan fingerprint density at radius 3 is 2.44 bits per heavy atom. The summed E-state index contributed by atoms with van der Waals surface area (Å²) < 4.78 is 1.26. The van der Waals surface area contributed by atoms with Gasteiger partial charge in [0.05, 0.1) is 15.2 Å². The normalized spacial score (nSPS) is 19.2. The number of nitrogens with zero attached hydrogens (tertiary/aromatic N) is 5. The van der Waals surface area contributed by atoms with Gasteiger partial charge in [-0.05, 0) is 54.5 Å². The molecule has 0 aliphatic heterocycles. The molecule has 0 spiro atoms. The van der Waals surface area contributed by atoms with Crippen molar-refractivity contribution in [2.24, 2.45) is 0 Å². The highest BCUT2D eigenvalue weighted by Gasteiger charge is 2.40. The predicted octanol–water partition coefficient (Wildman–Crippen LogP) is 4.12. The van der Waals surface area contributed by atoms with E-state index in [-0.39, 0.29) is 0 Å². The molecule has 1 aliphatic rings. The maximum Gasteiger partial charge on any atom is 0.197 e. The van der Waals surface area contributed by atoms with Gasteiger partial charge in [0.25, 0.3) is 0 Å². The molecule has 2 atom stereocenters. The predicted molar refractivity (Wildman–Crippen MR) is 97.5 cm³/mol. The average molecular weight is 345 g/mol. The van der Waals surface area contributed by atoms with Crippen LogP contribution in [0.5, 0.6) is 0 Å². The van der Waals surface area contributed by atoms with Gasteiger partial charge >= 0.3 is 0 Å². The van der Waals surface area contributed by atoms with Crippen LogP contribution < -0.4 is 0 Å². The lowest BCUT2D eigenvalue weighted by atomic mass is 10.1. The van der Waals surface area contributed by atoms with E-state index in [0.717, 1.165) is 16.9 Å². The largest absolute Gasteiger partial charge is 0.242 e. The smallest absolute Gasteiger partial charge is 0.197 e. The Labute approximate surface area is 148 Å². The number of hydrogen-bond donors (Lipinski definition) is 0. The Morgan fingerprint density at radius 2 is 1.64 bits per heavy atom. The molecule has 0 N–H and O–H groups in total. The third kappa shape index (κ3) is 2.68. The standard InChI is InChI=1S/C19H15N5S/c1-11-24-16-7-12(3-4-17(16)25-11)14-8-15(14)13-9-22-19(23-10-13)18-20-5-2-6-21-18/h2-7,9-10,14-15H,8H2,1H3/t14-,15+/m0/s1. The van der Waals surface area contributed by atoms with E-state index in [2.05, 4.69) is 50.0 Å². The third-order valence-corrected chi connectivity index (χ3v) is 5.55. The van der Waals surface area contributed by atoms with Crippen molar-refractivity contribution in [2.45, 2.75) is 25.2 Å². The lowest BCUT2D eigenvalue weighted by Crippen LogP contribution is -1.95. The lowest BCUT2D eigenvalue weighted by Gasteiger charge is -2.02. The zero-order valence-electron chi connectivity index (χ0n) is 13.6. The van der Waals surface area contributed by atoms with Gasteiger partial charge in [-0.2, -0.15) is 0 Å². The lowest BCUT2D eigenvalue weighted by molar-refractivity contribution is 0.978. The van der Waals surface area contributed by atoms with Crippen LogP contribution in [0.4, 0.5) is 0 Å². The van der Waals surface area contributed by atoms with Gasteiger partial charge in [0.15, 0.2) is 11.6 Å². The Bertz CT molecular complexity index is 1040. The van der Waals surface area contributed by atoms with Gasteiger partial charge in [0.1, 0.15) is 0 Å². The Balaban J connectivity index is 1.38. The molecule has 6 heteroatoms. The van der Waals surface area contributed by atoms with E-state index in [9.17, 15) is 0 Å². The summed E-state index contributed by atoms with van der Waals surface area (Å²) in [7, 11) is 0. The zero-order chi connectivity index (χ0) is 16.8. The average Bonchev–Trinajstić information content (AvgIpc) is 3.36. The second-order valence-electron chi connectivity index (χ2n) is 6.32. The minimum absolute atomic E-state index is 0.489. The van der Waals surface area contributed by atoms with Crippen molar-refractivity contribution >= 4 is 21.6 Å². The van der Waals surface area contributed by atoms with Crippen LogP contribution in [0, 0.1) is 6.92 Å². The van der Waals surface area contributed by atoms with Crippen LogP contribution in [0.15, 0.2) is 49.1 Å². The first kappa shape index (κ1) is 14.6. The van der Waals surface area contributed by atoms with E-state index in [4.69, 9.17) is 0 Å². The summed E-state index contributed by atoms with van der Waals surface area (Å²) in [6, 6.07) is 8.44. The Kier molecular flexibility index (Phi) is 3.31. The highest BCUT2D eigenvalue weighted by molar-refractivity contribution is 7.18. The van der Waals surface area contributed by atoms with Gasteiger partial charge in [0.2, 0.25) is 0 Å². The number of fused-ring (bicyclic) bond motifs is 1. The maximum absolute atomic E-state index is 4.61. The summed E-state index contributed by atoms with van der Waals surface area (Å²) in [4.78, 5) is 21.9. The fraction of sp³-hybridized carbons (Fsp3) is 0.211.